The van der Waals surface area contributed by atoms with Crippen LogP contribution in [0.1, 0.15) is 32.6 Å². The maximum Gasteiger partial charge on any atom is 0.248 e. The van der Waals surface area contributed by atoms with Crippen LogP contribution in [0, 0.1) is 5.92 Å². The minimum absolute atomic E-state index is 0.0530. The van der Waals surface area contributed by atoms with Crippen LogP contribution >= 0.6 is 0 Å². The monoisotopic (exact) mass is 164 g/mol. The van der Waals surface area contributed by atoms with Crippen LogP contribution in [-0.2, 0) is 0 Å². The molecule has 1 saturated carbocycles. The van der Waals surface area contributed by atoms with Gasteiger partial charge in [-0.25, -0.2) is 8.78 Å². The second-order valence-corrected chi connectivity index (χ2v) is 3.43. The van der Waals surface area contributed by atoms with Gasteiger partial charge in [-0.1, -0.05) is 0 Å². The topological polar surface area (TPSA) is 20.2 Å². The zero-order valence-corrected chi connectivity index (χ0v) is 6.69. The molecule has 0 radical (unpaired) electrons. The molecule has 0 aromatic carbocycles. The van der Waals surface area contributed by atoms with Crippen molar-refractivity contribution in [1.82, 2.24) is 0 Å². The molecular weight excluding hydrogens is 150 g/mol. The normalized spacial score (nSPS) is 28.4. The van der Waals surface area contributed by atoms with Gasteiger partial charge in [0.05, 0.1) is 6.10 Å². The Kier molecular flexibility index (Phi) is 2.47. The van der Waals surface area contributed by atoms with Crippen LogP contribution in [0.4, 0.5) is 8.78 Å². The van der Waals surface area contributed by atoms with E-state index in [0.29, 0.717) is 12.8 Å². The van der Waals surface area contributed by atoms with Crippen LogP contribution in [0.25, 0.3) is 0 Å². The molecule has 11 heavy (non-hydrogen) atoms. The minimum atomic E-state index is -2.47. The summed E-state index contributed by atoms with van der Waals surface area (Å²) < 4.78 is 25.1. The van der Waals surface area contributed by atoms with E-state index in [0.717, 1.165) is 0 Å². The Morgan fingerprint density at radius 2 is 1.82 bits per heavy atom. The van der Waals surface area contributed by atoms with Crippen molar-refractivity contribution < 1.29 is 13.9 Å². The molecule has 0 unspecified atom stereocenters. The summed E-state index contributed by atoms with van der Waals surface area (Å²) >= 11 is 0. The van der Waals surface area contributed by atoms with E-state index in [9.17, 15) is 8.78 Å². The van der Waals surface area contributed by atoms with Crippen LogP contribution in [0.2, 0.25) is 0 Å². The van der Waals surface area contributed by atoms with Gasteiger partial charge >= 0.3 is 0 Å². The van der Waals surface area contributed by atoms with E-state index in [1.165, 1.54) is 0 Å². The molecule has 1 fully saturated rings. The SMILES string of the molecule is C[C@@H](O)C1CCC(F)(F)CC1. The molecular formula is C8H14F2O. The largest absolute Gasteiger partial charge is 0.393 e. The first kappa shape index (κ1) is 8.91. The quantitative estimate of drug-likeness (QED) is 0.629. The first-order chi connectivity index (χ1) is 5.01. The van der Waals surface area contributed by atoms with Gasteiger partial charge in [-0.15, -0.1) is 0 Å². The lowest BCUT2D eigenvalue weighted by Crippen LogP contribution is -2.29. The van der Waals surface area contributed by atoms with Gasteiger partial charge in [0, 0.05) is 12.8 Å². The molecule has 0 aliphatic heterocycles. The first-order valence-electron chi connectivity index (χ1n) is 4.07. The number of aliphatic hydroxyl groups excluding tert-OH is 1. The maximum absolute atomic E-state index is 12.6. The van der Waals surface area contributed by atoms with Crippen molar-refractivity contribution in [1.29, 1.82) is 0 Å². The van der Waals surface area contributed by atoms with Crippen molar-refractivity contribution in [3.8, 4) is 0 Å². The van der Waals surface area contributed by atoms with Crippen molar-refractivity contribution >= 4 is 0 Å². The zero-order valence-electron chi connectivity index (χ0n) is 6.69. The fraction of sp³-hybridized carbons (Fsp3) is 1.00. The molecule has 66 valence electrons. The summed E-state index contributed by atoms with van der Waals surface area (Å²) in [7, 11) is 0. The highest BCUT2D eigenvalue weighted by Gasteiger charge is 2.36. The second kappa shape index (κ2) is 3.05. The Hall–Kier alpha value is -0.180. The lowest BCUT2D eigenvalue weighted by atomic mass is 9.84. The Balaban J connectivity index is 2.36. The zero-order chi connectivity index (χ0) is 8.48. The van der Waals surface area contributed by atoms with E-state index in [1.54, 1.807) is 6.92 Å². The van der Waals surface area contributed by atoms with Gasteiger partial charge in [-0.3, -0.25) is 0 Å². The van der Waals surface area contributed by atoms with Gasteiger partial charge < -0.3 is 5.11 Å². The highest BCUT2D eigenvalue weighted by Crippen LogP contribution is 2.37. The number of rotatable bonds is 1. The third-order valence-corrected chi connectivity index (χ3v) is 2.44. The molecule has 0 saturated heterocycles. The summed E-state index contributed by atoms with van der Waals surface area (Å²) in [5.74, 6) is -2.37. The lowest BCUT2D eigenvalue weighted by molar-refractivity contribution is -0.0598. The van der Waals surface area contributed by atoms with Crippen LogP contribution < -0.4 is 0 Å². The Morgan fingerprint density at radius 3 is 2.18 bits per heavy atom. The summed E-state index contributed by atoms with van der Waals surface area (Å²) in [6.07, 6.45) is 0.395. The highest BCUT2D eigenvalue weighted by atomic mass is 19.3. The van der Waals surface area contributed by atoms with Gasteiger partial charge in [-0.05, 0) is 25.7 Å². The summed E-state index contributed by atoms with van der Waals surface area (Å²) in [4.78, 5) is 0. The van der Waals surface area contributed by atoms with Crippen LogP contribution in [0.3, 0.4) is 0 Å². The van der Waals surface area contributed by atoms with Gasteiger partial charge in [0.1, 0.15) is 0 Å². The molecule has 1 aliphatic carbocycles. The van der Waals surface area contributed by atoms with Gasteiger partial charge in [-0.2, -0.15) is 0 Å². The predicted molar refractivity (Wildman–Crippen MR) is 38.6 cm³/mol. The molecule has 0 bridgehead atoms. The van der Waals surface area contributed by atoms with E-state index in [1.807, 2.05) is 0 Å². The van der Waals surface area contributed by atoms with E-state index < -0.39 is 12.0 Å². The summed E-state index contributed by atoms with van der Waals surface area (Å²) in [5.41, 5.74) is 0. The Morgan fingerprint density at radius 1 is 1.36 bits per heavy atom. The van der Waals surface area contributed by atoms with Gasteiger partial charge in [0.15, 0.2) is 0 Å². The van der Waals surface area contributed by atoms with Crippen molar-refractivity contribution in [3.63, 3.8) is 0 Å². The molecule has 1 nitrogen and oxygen atoms in total. The standard InChI is InChI=1S/C8H14F2O/c1-6(11)7-2-4-8(9,10)5-3-7/h6-7,11H,2-5H2,1H3/t6-/m1/s1. The van der Waals surface area contributed by atoms with Crippen molar-refractivity contribution in [2.24, 2.45) is 5.92 Å². The first-order valence-corrected chi connectivity index (χ1v) is 4.07. The molecule has 1 aliphatic rings. The van der Waals surface area contributed by atoms with Crippen molar-refractivity contribution in [3.05, 3.63) is 0 Å². The molecule has 3 heteroatoms. The van der Waals surface area contributed by atoms with Crippen LogP contribution in [-0.4, -0.2) is 17.1 Å². The summed E-state index contributed by atoms with van der Waals surface area (Å²) in [6.45, 7) is 1.67. The van der Waals surface area contributed by atoms with Crippen molar-refractivity contribution in [2.45, 2.75) is 44.6 Å². The number of aliphatic hydroxyl groups is 1. The molecule has 0 heterocycles. The smallest absolute Gasteiger partial charge is 0.248 e. The fourth-order valence-electron chi connectivity index (χ4n) is 1.54. The van der Waals surface area contributed by atoms with Crippen molar-refractivity contribution in [2.75, 3.05) is 0 Å². The molecule has 0 spiro atoms. The Labute approximate surface area is 65.4 Å². The van der Waals surface area contributed by atoms with E-state index in [4.69, 9.17) is 5.11 Å². The molecule has 0 amide bonds. The number of alkyl halides is 2. The molecule has 1 atom stereocenters. The van der Waals surface area contributed by atoms with Gasteiger partial charge in [0.2, 0.25) is 5.92 Å². The maximum atomic E-state index is 12.6. The number of halogens is 2. The summed E-state index contributed by atoms with van der Waals surface area (Å²) in [6, 6.07) is 0. The average molecular weight is 164 g/mol. The third-order valence-electron chi connectivity index (χ3n) is 2.44. The third kappa shape index (κ3) is 2.40. The highest BCUT2D eigenvalue weighted by molar-refractivity contribution is 4.79. The molecule has 1 N–H and O–H groups in total. The lowest BCUT2D eigenvalue weighted by Gasteiger charge is -2.29. The predicted octanol–water partition coefficient (Wildman–Crippen LogP) is 2.19. The second-order valence-electron chi connectivity index (χ2n) is 3.43. The molecule has 0 aromatic heterocycles. The number of hydrogen-bond acceptors (Lipinski definition) is 1. The number of hydrogen-bond donors (Lipinski definition) is 1. The Bertz CT molecular complexity index is 124. The summed E-state index contributed by atoms with van der Waals surface area (Å²) in [5, 5.41) is 9.10. The molecule has 0 aromatic rings. The average Bonchev–Trinajstić information content (AvgIpc) is 1.86. The van der Waals surface area contributed by atoms with E-state index in [2.05, 4.69) is 0 Å². The van der Waals surface area contributed by atoms with Crippen LogP contribution in [0.15, 0.2) is 0 Å². The molecule has 1 rings (SSSR count). The fourth-order valence-corrected chi connectivity index (χ4v) is 1.54. The minimum Gasteiger partial charge on any atom is -0.393 e. The van der Waals surface area contributed by atoms with E-state index >= 15 is 0 Å². The van der Waals surface area contributed by atoms with Crippen LogP contribution in [0.5, 0.6) is 0 Å². The van der Waals surface area contributed by atoms with E-state index in [-0.39, 0.29) is 18.8 Å². The van der Waals surface area contributed by atoms with Gasteiger partial charge in [0.25, 0.3) is 0 Å².